The van der Waals surface area contributed by atoms with E-state index in [0.717, 1.165) is 12.3 Å². The third-order valence-corrected chi connectivity index (χ3v) is 3.48. The number of halogens is 2. The van der Waals surface area contributed by atoms with Gasteiger partial charge in [0.05, 0.1) is 11.8 Å². The molecule has 0 spiro atoms. The molecule has 2 rings (SSSR count). The van der Waals surface area contributed by atoms with Crippen LogP contribution < -0.4 is 10.5 Å². The zero-order chi connectivity index (χ0) is 14.9. The van der Waals surface area contributed by atoms with Gasteiger partial charge in [-0.25, -0.2) is 26.9 Å². The molecule has 2 aromatic rings. The standard InChI is InChI=1S/C11H14F2N4O2S/c1-20(18,19)15-5-2-6-17-10-8(16-11(17)14)4-3-7(12)9(10)13/h3-4,15H,2,5-6H2,1H3,(H2,14,16). The van der Waals surface area contributed by atoms with Gasteiger partial charge in [-0.1, -0.05) is 0 Å². The highest BCUT2D eigenvalue weighted by Gasteiger charge is 2.15. The first-order chi connectivity index (χ1) is 9.29. The van der Waals surface area contributed by atoms with Crippen molar-refractivity contribution in [2.75, 3.05) is 18.5 Å². The number of rotatable bonds is 5. The number of hydrogen-bond acceptors (Lipinski definition) is 4. The maximum atomic E-state index is 13.8. The molecule has 0 bridgehead atoms. The highest BCUT2D eigenvalue weighted by atomic mass is 32.2. The monoisotopic (exact) mass is 304 g/mol. The van der Waals surface area contributed by atoms with E-state index in [4.69, 9.17) is 5.73 Å². The number of hydrogen-bond donors (Lipinski definition) is 2. The van der Waals surface area contributed by atoms with E-state index in [-0.39, 0.29) is 30.1 Å². The average Bonchev–Trinajstić information content (AvgIpc) is 2.66. The molecule has 20 heavy (non-hydrogen) atoms. The highest BCUT2D eigenvalue weighted by Crippen LogP contribution is 2.23. The molecule has 0 aliphatic heterocycles. The van der Waals surface area contributed by atoms with Crippen LogP contribution in [0.3, 0.4) is 0 Å². The molecule has 1 aromatic carbocycles. The van der Waals surface area contributed by atoms with Crippen molar-refractivity contribution in [1.29, 1.82) is 0 Å². The molecule has 0 radical (unpaired) electrons. The van der Waals surface area contributed by atoms with Crippen molar-refractivity contribution in [2.45, 2.75) is 13.0 Å². The topological polar surface area (TPSA) is 90.0 Å². The van der Waals surface area contributed by atoms with E-state index in [9.17, 15) is 17.2 Å². The Balaban J connectivity index is 2.21. The van der Waals surface area contributed by atoms with E-state index >= 15 is 0 Å². The number of nitrogen functional groups attached to an aromatic ring is 1. The molecule has 0 aliphatic rings. The molecule has 0 atom stereocenters. The number of nitrogens with two attached hydrogens (primary N) is 1. The number of aromatic nitrogens is 2. The molecule has 1 heterocycles. The van der Waals surface area contributed by atoms with Crippen molar-refractivity contribution in [2.24, 2.45) is 0 Å². The van der Waals surface area contributed by atoms with Crippen LogP contribution in [0, 0.1) is 11.6 Å². The second kappa shape index (κ2) is 5.33. The SMILES string of the molecule is CS(=O)(=O)NCCCn1c(N)nc2ccc(F)c(F)c21. The van der Waals surface area contributed by atoms with Gasteiger partial charge < -0.3 is 10.3 Å². The van der Waals surface area contributed by atoms with Gasteiger partial charge in [-0.15, -0.1) is 0 Å². The summed E-state index contributed by atoms with van der Waals surface area (Å²) < 4.78 is 52.5. The second-order valence-corrected chi connectivity index (χ2v) is 6.20. The summed E-state index contributed by atoms with van der Waals surface area (Å²) >= 11 is 0. The molecule has 110 valence electrons. The Labute approximate surface area is 114 Å². The summed E-state index contributed by atoms with van der Waals surface area (Å²) in [5, 5.41) is 0. The van der Waals surface area contributed by atoms with Gasteiger partial charge in [0, 0.05) is 13.1 Å². The zero-order valence-electron chi connectivity index (χ0n) is 10.7. The molecule has 6 nitrogen and oxygen atoms in total. The minimum absolute atomic E-state index is 0.0122. The van der Waals surface area contributed by atoms with E-state index in [0.29, 0.717) is 6.42 Å². The maximum absolute atomic E-state index is 13.8. The third kappa shape index (κ3) is 3.05. The molecule has 0 unspecified atom stereocenters. The number of nitrogens with zero attached hydrogens (tertiary/aromatic N) is 2. The predicted molar refractivity (Wildman–Crippen MR) is 71.5 cm³/mol. The van der Waals surface area contributed by atoms with Crippen LogP contribution in [0.4, 0.5) is 14.7 Å². The molecular weight excluding hydrogens is 290 g/mol. The van der Waals surface area contributed by atoms with Crippen molar-refractivity contribution in [1.82, 2.24) is 14.3 Å². The fourth-order valence-corrected chi connectivity index (χ4v) is 2.41. The van der Waals surface area contributed by atoms with Crippen LogP contribution >= 0.6 is 0 Å². The lowest BCUT2D eigenvalue weighted by Crippen LogP contribution is -2.24. The lowest BCUT2D eigenvalue weighted by Gasteiger charge is -2.07. The molecule has 0 saturated heterocycles. The smallest absolute Gasteiger partial charge is 0.208 e. The van der Waals surface area contributed by atoms with Gasteiger partial charge in [0.15, 0.2) is 11.6 Å². The van der Waals surface area contributed by atoms with Gasteiger partial charge in [-0.05, 0) is 18.6 Å². The van der Waals surface area contributed by atoms with Gasteiger partial charge in [0.25, 0.3) is 0 Å². The first-order valence-corrected chi connectivity index (χ1v) is 7.73. The summed E-state index contributed by atoms with van der Waals surface area (Å²) in [4.78, 5) is 3.94. The number of nitrogens with one attached hydrogen (secondary N) is 1. The van der Waals surface area contributed by atoms with Gasteiger partial charge in [-0.2, -0.15) is 0 Å². The Bertz CT molecular complexity index is 742. The Kier molecular flexibility index (Phi) is 3.91. The summed E-state index contributed by atoms with van der Waals surface area (Å²) in [6.07, 6.45) is 1.42. The molecule has 3 N–H and O–H groups in total. The zero-order valence-corrected chi connectivity index (χ0v) is 11.5. The summed E-state index contributed by atoms with van der Waals surface area (Å²) in [7, 11) is -3.27. The normalized spacial score (nSPS) is 12.2. The maximum Gasteiger partial charge on any atom is 0.208 e. The fraction of sp³-hybridized carbons (Fsp3) is 0.364. The van der Waals surface area contributed by atoms with Crippen molar-refractivity contribution in [3.63, 3.8) is 0 Å². The number of benzene rings is 1. The molecule has 9 heteroatoms. The quantitative estimate of drug-likeness (QED) is 0.801. The van der Waals surface area contributed by atoms with Crippen molar-refractivity contribution < 1.29 is 17.2 Å². The number of aryl methyl sites for hydroxylation is 1. The Hall–Kier alpha value is -1.74. The van der Waals surface area contributed by atoms with Crippen LogP contribution in [-0.4, -0.2) is 30.8 Å². The molecule has 1 aromatic heterocycles. The summed E-state index contributed by atoms with van der Waals surface area (Å²) in [6.45, 7) is 0.403. The van der Waals surface area contributed by atoms with E-state index in [1.54, 1.807) is 0 Å². The minimum atomic E-state index is -3.27. The van der Waals surface area contributed by atoms with Crippen LogP contribution in [0.2, 0.25) is 0 Å². The molecule has 0 fully saturated rings. The number of fused-ring (bicyclic) bond motifs is 1. The van der Waals surface area contributed by atoms with Gasteiger partial charge >= 0.3 is 0 Å². The van der Waals surface area contributed by atoms with Crippen LogP contribution in [0.25, 0.3) is 11.0 Å². The Morgan fingerprint density at radius 2 is 2.10 bits per heavy atom. The lowest BCUT2D eigenvalue weighted by molar-refractivity contribution is 0.510. The predicted octanol–water partition coefficient (Wildman–Crippen LogP) is 0.836. The van der Waals surface area contributed by atoms with E-state index in [2.05, 4.69) is 9.71 Å². The molecule has 0 amide bonds. The average molecular weight is 304 g/mol. The van der Waals surface area contributed by atoms with Crippen LogP contribution in [0.5, 0.6) is 0 Å². The van der Waals surface area contributed by atoms with Gasteiger partial charge in [0.1, 0.15) is 5.52 Å². The molecular formula is C11H14F2N4O2S. The number of sulfonamides is 1. The summed E-state index contributed by atoms with van der Waals surface area (Å²) in [6, 6.07) is 2.33. The lowest BCUT2D eigenvalue weighted by atomic mass is 10.3. The highest BCUT2D eigenvalue weighted by molar-refractivity contribution is 7.88. The van der Waals surface area contributed by atoms with Crippen LogP contribution in [0.15, 0.2) is 12.1 Å². The molecule has 0 saturated carbocycles. The first kappa shape index (κ1) is 14.7. The van der Waals surface area contributed by atoms with E-state index in [1.165, 1.54) is 10.6 Å². The second-order valence-electron chi connectivity index (χ2n) is 4.37. The van der Waals surface area contributed by atoms with E-state index in [1.807, 2.05) is 0 Å². The number of anilines is 1. The number of imidazole rings is 1. The van der Waals surface area contributed by atoms with Gasteiger partial charge in [-0.3, -0.25) is 0 Å². The van der Waals surface area contributed by atoms with Crippen LogP contribution in [0.1, 0.15) is 6.42 Å². The van der Waals surface area contributed by atoms with Crippen LogP contribution in [-0.2, 0) is 16.6 Å². The first-order valence-electron chi connectivity index (χ1n) is 5.84. The fourth-order valence-electron chi connectivity index (χ4n) is 1.90. The minimum Gasteiger partial charge on any atom is -0.369 e. The summed E-state index contributed by atoms with van der Waals surface area (Å²) in [5.74, 6) is -1.93. The Morgan fingerprint density at radius 1 is 1.40 bits per heavy atom. The van der Waals surface area contributed by atoms with Crippen molar-refractivity contribution >= 4 is 27.0 Å². The largest absolute Gasteiger partial charge is 0.369 e. The molecule has 0 aliphatic carbocycles. The van der Waals surface area contributed by atoms with Crippen molar-refractivity contribution in [3.05, 3.63) is 23.8 Å². The Morgan fingerprint density at radius 3 is 2.75 bits per heavy atom. The summed E-state index contributed by atoms with van der Waals surface area (Å²) in [5.41, 5.74) is 5.91. The van der Waals surface area contributed by atoms with Gasteiger partial charge in [0.2, 0.25) is 16.0 Å². The van der Waals surface area contributed by atoms with E-state index < -0.39 is 21.7 Å². The third-order valence-electron chi connectivity index (χ3n) is 2.75. The van der Waals surface area contributed by atoms with Crippen molar-refractivity contribution in [3.8, 4) is 0 Å².